The van der Waals surface area contributed by atoms with Crippen LogP contribution < -0.4 is 10.0 Å². The van der Waals surface area contributed by atoms with Crippen LogP contribution in [0.15, 0.2) is 45.6 Å². The summed E-state index contributed by atoms with van der Waals surface area (Å²) >= 11 is 1.32. The molecule has 0 unspecified atom stereocenters. The summed E-state index contributed by atoms with van der Waals surface area (Å²) in [7, 11) is -3.75. The van der Waals surface area contributed by atoms with Gasteiger partial charge in [-0.15, -0.1) is 10.2 Å². The maximum atomic E-state index is 12.7. The number of sulfonamides is 1. The second kappa shape index (κ2) is 9.17. The normalized spacial score (nSPS) is 17.1. The van der Waals surface area contributed by atoms with Crippen molar-refractivity contribution in [3.05, 3.63) is 30.6 Å². The largest absolute Gasteiger partial charge is 0.325 e. The SMILES string of the molecule is O=C(CSc1nncn1C1CC1)Nc1cccc(S(=O)(=O)NC2=NCCCCC2)c1. The zero-order valence-electron chi connectivity index (χ0n) is 16.5. The van der Waals surface area contributed by atoms with Crippen LogP contribution in [0.25, 0.3) is 0 Å². The van der Waals surface area contributed by atoms with Crippen molar-refractivity contribution in [2.24, 2.45) is 4.99 Å². The Morgan fingerprint density at radius 2 is 2.10 bits per heavy atom. The van der Waals surface area contributed by atoms with Crippen LogP contribution in [-0.2, 0) is 14.8 Å². The third-order valence-electron chi connectivity index (χ3n) is 4.87. The minimum Gasteiger partial charge on any atom is -0.325 e. The lowest BCUT2D eigenvalue weighted by atomic mass is 10.2. The van der Waals surface area contributed by atoms with Gasteiger partial charge < -0.3 is 9.88 Å². The van der Waals surface area contributed by atoms with Gasteiger partial charge in [0.25, 0.3) is 10.0 Å². The van der Waals surface area contributed by atoms with Gasteiger partial charge in [-0.2, -0.15) is 0 Å². The first-order valence-electron chi connectivity index (χ1n) is 10.00. The quantitative estimate of drug-likeness (QED) is 0.629. The van der Waals surface area contributed by atoms with Crippen LogP contribution in [0, 0.1) is 0 Å². The summed E-state index contributed by atoms with van der Waals surface area (Å²) in [6.45, 7) is 0.639. The molecule has 0 saturated heterocycles. The highest BCUT2D eigenvalue weighted by Crippen LogP contribution is 2.37. The monoisotopic (exact) mass is 448 g/mol. The molecule has 0 radical (unpaired) electrons. The molecule has 9 nitrogen and oxygen atoms in total. The van der Waals surface area contributed by atoms with E-state index in [1.807, 2.05) is 4.57 Å². The fraction of sp³-hybridized carbons (Fsp3) is 0.474. The van der Waals surface area contributed by atoms with E-state index in [4.69, 9.17) is 0 Å². The van der Waals surface area contributed by atoms with E-state index >= 15 is 0 Å². The maximum absolute atomic E-state index is 12.7. The molecule has 1 aromatic heterocycles. The highest BCUT2D eigenvalue weighted by molar-refractivity contribution is 7.99. The Bertz CT molecular complexity index is 1050. The molecule has 1 saturated carbocycles. The Balaban J connectivity index is 1.37. The fourth-order valence-corrected chi connectivity index (χ4v) is 5.10. The number of carbonyl (C=O) groups excluding carboxylic acids is 1. The number of amides is 1. The van der Waals surface area contributed by atoms with Crippen molar-refractivity contribution in [3.8, 4) is 0 Å². The van der Waals surface area contributed by atoms with E-state index in [1.54, 1.807) is 18.5 Å². The number of carbonyl (C=O) groups is 1. The maximum Gasteiger partial charge on any atom is 0.262 e. The Morgan fingerprint density at radius 1 is 1.23 bits per heavy atom. The number of rotatable bonds is 7. The summed E-state index contributed by atoms with van der Waals surface area (Å²) in [5.74, 6) is 0.427. The summed E-state index contributed by atoms with van der Waals surface area (Å²) < 4.78 is 30.0. The van der Waals surface area contributed by atoms with Crippen molar-refractivity contribution in [3.63, 3.8) is 0 Å². The molecule has 2 aliphatic rings. The van der Waals surface area contributed by atoms with Gasteiger partial charge in [0.05, 0.1) is 10.6 Å². The van der Waals surface area contributed by atoms with Crippen molar-refractivity contribution >= 4 is 39.2 Å². The van der Waals surface area contributed by atoms with E-state index in [1.165, 1.54) is 23.9 Å². The Labute approximate surface area is 179 Å². The third-order valence-corrected chi connectivity index (χ3v) is 7.20. The van der Waals surface area contributed by atoms with E-state index < -0.39 is 10.0 Å². The molecule has 1 aromatic carbocycles. The summed E-state index contributed by atoms with van der Waals surface area (Å²) in [5, 5.41) is 11.5. The summed E-state index contributed by atoms with van der Waals surface area (Å²) in [6, 6.07) is 6.67. The summed E-state index contributed by atoms with van der Waals surface area (Å²) in [4.78, 5) is 16.8. The van der Waals surface area contributed by atoms with Crippen molar-refractivity contribution < 1.29 is 13.2 Å². The average molecular weight is 449 g/mol. The van der Waals surface area contributed by atoms with Gasteiger partial charge >= 0.3 is 0 Å². The second-order valence-electron chi connectivity index (χ2n) is 7.36. The van der Waals surface area contributed by atoms with Crippen LogP contribution in [0.3, 0.4) is 0 Å². The van der Waals surface area contributed by atoms with Gasteiger partial charge in [-0.05, 0) is 43.9 Å². The van der Waals surface area contributed by atoms with Crippen LogP contribution in [0.5, 0.6) is 0 Å². The molecule has 1 amide bonds. The smallest absolute Gasteiger partial charge is 0.262 e. The van der Waals surface area contributed by atoms with Crippen LogP contribution >= 0.6 is 11.8 Å². The van der Waals surface area contributed by atoms with Gasteiger partial charge in [0.1, 0.15) is 12.2 Å². The van der Waals surface area contributed by atoms with Crippen molar-refractivity contribution in [1.29, 1.82) is 0 Å². The highest BCUT2D eigenvalue weighted by atomic mass is 32.2. The zero-order valence-corrected chi connectivity index (χ0v) is 18.1. The minimum absolute atomic E-state index is 0.0911. The number of hydrogen-bond acceptors (Lipinski definition) is 7. The first-order chi connectivity index (χ1) is 14.5. The molecule has 2 aromatic rings. The second-order valence-corrected chi connectivity index (χ2v) is 9.99. The van der Waals surface area contributed by atoms with E-state index in [-0.39, 0.29) is 16.6 Å². The number of nitrogens with zero attached hydrogens (tertiary/aromatic N) is 4. The minimum atomic E-state index is -3.75. The third kappa shape index (κ3) is 5.39. The van der Waals surface area contributed by atoms with Crippen molar-refractivity contribution in [2.45, 2.75) is 54.6 Å². The summed E-state index contributed by atoms with van der Waals surface area (Å²) in [6.07, 6.45) is 7.48. The lowest BCUT2D eigenvalue weighted by Crippen LogP contribution is -2.30. The highest BCUT2D eigenvalue weighted by Gasteiger charge is 2.26. The van der Waals surface area contributed by atoms with Crippen molar-refractivity contribution in [2.75, 3.05) is 17.6 Å². The molecule has 1 fully saturated rings. The van der Waals surface area contributed by atoms with E-state index in [0.717, 1.165) is 37.3 Å². The molecule has 0 spiro atoms. The molecule has 0 bridgehead atoms. The molecule has 1 aliphatic heterocycles. The van der Waals surface area contributed by atoms with Crippen molar-refractivity contribution in [1.82, 2.24) is 19.5 Å². The van der Waals surface area contributed by atoms with E-state index in [9.17, 15) is 13.2 Å². The molecular weight excluding hydrogens is 424 g/mol. The zero-order chi connectivity index (χ0) is 21.0. The van der Waals surface area contributed by atoms with Gasteiger partial charge in [-0.25, -0.2) is 8.42 Å². The number of aromatic nitrogens is 3. The number of hydrogen-bond donors (Lipinski definition) is 2. The lowest BCUT2D eigenvalue weighted by Gasteiger charge is -2.11. The molecule has 4 rings (SSSR count). The van der Waals surface area contributed by atoms with Crippen LogP contribution in [0.4, 0.5) is 5.69 Å². The Hall–Kier alpha value is -2.40. The first-order valence-corrected chi connectivity index (χ1v) is 12.5. The Morgan fingerprint density at radius 3 is 2.93 bits per heavy atom. The van der Waals surface area contributed by atoms with Crippen LogP contribution in [0.1, 0.15) is 44.6 Å². The number of thioether (sulfide) groups is 1. The lowest BCUT2D eigenvalue weighted by molar-refractivity contribution is -0.113. The van der Waals surface area contributed by atoms with Gasteiger partial charge in [0.15, 0.2) is 5.16 Å². The standard InChI is InChI=1S/C19H24N6O3S2/c26-18(12-29-19-23-21-13-25(19)15-8-9-15)22-14-5-4-6-16(11-14)30(27,28)24-17-7-2-1-3-10-20-17/h4-6,11,13,15H,1-3,7-10,12H2,(H,20,24)(H,22,26). The molecule has 1 aliphatic carbocycles. The molecule has 11 heteroatoms. The first kappa shape index (κ1) is 20.9. The number of benzene rings is 1. The van der Waals surface area contributed by atoms with Gasteiger partial charge in [0, 0.05) is 24.7 Å². The number of anilines is 1. The Kier molecular flexibility index (Phi) is 6.38. The van der Waals surface area contributed by atoms with Gasteiger partial charge in [0.2, 0.25) is 5.91 Å². The fourth-order valence-electron chi connectivity index (χ4n) is 3.18. The number of nitrogens with one attached hydrogen (secondary N) is 2. The molecule has 30 heavy (non-hydrogen) atoms. The topological polar surface area (TPSA) is 118 Å². The number of amidine groups is 1. The van der Waals surface area contributed by atoms with Crippen LogP contribution in [0.2, 0.25) is 0 Å². The van der Waals surface area contributed by atoms with Gasteiger partial charge in [-0.3, -0.25) is 14.5 Å². The van der Waals surface area contributed by atoms with E-state index in [2.05, 4.69) is 25.2 Å². The molecule has 160 valence electrons. The predicted molar refractivity (Wildman–Crippen MR) is 115 cm³/mol. The van der Waals surface area contributed by atoms with Crippen LogP contribution in [-0.4, -0.2) is 47.2 Å². The molecule has 0 atom stereocenters. The average Bonchev–Trinajstić information content (AvgIpc) is 3.51. The molecular formula is C19H24N6O3S2. The number of aliphatic imine (C=N–C) groups is 1. The van der Waals surface area contributed by atoms with Gasteiger partial charge in [-0.1, -0.05) is 24.2 Å². The predicted octanol–water partition coefficient (Wildman–Crippen LogP) is 2.59. The molecule has 2 heterocycles. The molecule has 2 N–H and O–H groups in total. The summed E-state index contributed by atoms with van der Waals surface area (Å²) in [5.41, 5.74) is 0.426. The van der Waals surface area contributed by atoms with E-state index in [0.29, 0.717) is 30.5 Å².